The molecule has 0 aromatic heterocycles. The lowest BCUT2D eigenvalue weighted by Crippen LogP contribution is -2.30. The first-order valence-corrected chi connectivity index (χ1v) is 6.93. The molecule has 0 saturated heterocycles. The number of carbonyl (C=O) groups is 1. The number of rotatable bonds is 4. The van der Waals surface area contributed by atoms with Crippen molar-refractivity contribution >= 4 is 11.6 Å². The summed E-state index contributed by atoms with van der Waals surface area (Å²) in [5.41, 5.74) is 6.27. The number of hydrogen-bond acceptors (Lipinski definition) is 5. The van der Waals surface area contributed by atoms with Gasteiger partial charge >= 0.3 is 0 Å². The third-order valence-corrected chi connectivity index (χ3v) is 3.91. The van der Waals surface area contributed by atoms with Gasteiger partial charge in [0.05, 0.1) is 0 Å². The van der Waals surface area contributed by atoms with Crippen LogP contribution in [0, 0.1) is 10.1 Å². The first-order chi connectivity index (χ1) is 10.5. The number of primary amides is 1. The zero-order valence-corrected chi connectivity index (χ0v) is 11.9. The van der Waals surface area contributed by atoms with Crippen molar-refractivity contribution in [1.82, 2.24) is 0 Å². The molecule has 0 aliphatic heterocycles. The molecule has 7 heteroatoms. The second-order valence-corrected chi connectivity index (χ2v) is 5.26. The van der Waals surface area contributed by atoms with Crippen LogP contribution in [0.25, 0.3) is 0 Å². The summed E-state index contributed by atoms with van der Waals surface area (Å²) in [6.07, 6.45) is 2.73. The van der Waals surface area contributed by atoms with E-state index in [1.807, 2.05) is 30.3 Å². The largest absolute Gasteiger partial charge is 0.410 e. The summed E-state index contributed by atoms with van der Waals surface area (Å²) in [6.45, 7) is 0. The molecule has 0 bridgehead atoms. The van der Waals surface area contributed by atoms with Crippen molar-refractivity contribution in [3.05, 3.63) is 57.7 Å². The fraction of sp³-hybridized carbons (Fsp3) is 0.333. The van der Waals surface area contributed by atoms with Crippen molar-refractivity contribution in [2.24, 2.45) is 10.9 Å². The molecule has 0 heterocycles. The Morgan fingerprint density at radius 1 is 1.36 bits per heavy atom. The first-order valence-electron chi connectivity index (χ1n) is 6.93. The maximum absolute atomic E-state index is 11.2. The van der Waals surface area contributed by atoms with Crippen molar-refractivity contribution in [2.75, 3.05) is 0 Å². The van der Waals surface area contributed by atoms with Gasteiger partial charge in [-0.15, -0.1) is 0 Å². The Morgan fingerprint density at radius 2 is 2.05 bits per heavy atom. The van der Waals surface area contributed by atoms with E-state index < -0.39 is 11.9 Å². The lowest BCUT2D eigenvalue weighted by Gasteiger charge is -2.27. The van der Waals surface area contributed by atoms with E-state index in [0.29, 0.717) is 24.8 Å². The molecular weight excluding hydrogens is 286 g/mol. The van der Waals surface area contributed by atoms with Gasteiger partial charge < -0.3 is 10.9 Å². The molecule has 1 aliphatic rings. The van der Waals surface area contributed by atoms with Crippen LogP contribution in [0.15, 0.2) is 47.1 Å². The molecule has 22 heavy (non-hydrogen) atoms. The molecule has 1 aromatic rings. The number of carbonyl (C=O) groups excluding carboxylic acids is 1. The average molecular weight is 303 g/mol. The SMILES string of the molecule is NC(=O)C(/C=C1\CC(c2ccccc2)CCC1[N+](=O)[O-])=N/O. The van der Waals surface area contributed by atoms with Crippen LogP contribution in [0.5, 0.6) is 0 Å². The van der Waals surface area contributed by atoms with Crippen LogP contribution in [0.2, 0.25) is 0 Å². The average Bonchev–Trinajstić information content (AvgIpc) is 2.52. The number of amides is 1. The van der Waals surface area contributed by atoms with E-state index in [4.69, 9.17) is 10.9 Å². The van der Waals surface area contributed by atoms with Crippen LogP contribution in [-0.2, 0) is 4.79 Å². The highest BCUT2D eigenvalue weighted by Crippen LogP contribution is 2.37. The standard InChI is InChI=1S/C15H17N3O4/c16-15(19)13(17-20)9-12-8-11(6-7-14(12)18(21)22)10-4-2-1-3-5-10/h1-5,9,11,14,20H,6-8H2,(H2,16,19)/b12-9+,17-13+. The summed E-state index contributed by atoms with van der Waals surface area (Å²) >= 11 is 0. The van der Waals surface area contributed by atoms with Crippen molar-refractivity contribution < 1.29 is 14.9 Å². The molecular formula is C15H17N3O4. The molecule has 1 amide bonds. The number of oxime groups is 1. The van der Waals surface area contributed by atoms with E-state index in [1.54, 1.807) is 0 Å². The number of benzene rings is 1. The topological polar surface area (TPSA) is 119 Å². The molecule has 7 nitrogen and oxygen atoms in total. The summed E-state index contributed by atoms with van der Waals surface area (Å²) < 4.78 is 0. The molecule has 2 rings (SSSR count). The van der Waals surface area contributed by atoms with E-state index in [9.17, 15) is 14.9 Å². The molecule has 3 N–H and O–H groups in total. The van der Waals surface area contributed by atoms with Crippen LogP contribution < -0.4 is 5.73 Å². The minimum Gasteiger partial charge on any atom is -0.410 e. The van der Waals surface area contributed by atoms with Gasteiger partial charge in [-0.3, -0.25) is 14.9 Å². The summed E-state index contributed by atoms with van der Waals surface area (Å²) in [5, 5.41) is 22.8. The van der Waals surface area contributed by atoms with Crippen LogP contribution >= 0.6 is 0 Å². The maximum atomic E-state index is 11.2. The fourth-order valence-corrected chi connectivity index (χ4v) is 2.80. The Hall–Kier alpha value is -2.70. The van der Waals surface area contributed by atoms with Crippen molar-refractivity contribution in [3.63, 3.8) is 0 Å². The third-order valence-electron chi connectivity index (χ3n) is 3.91. The van der Waals surface area contributed by atoms with E-state index in [1.165, 1.54) is 6.08 Å². The van der Waals surface area contributed by atoms with Crippen LogP contribution in [0.1, 0.15) is 30.7 Å². The van der Waals surface area contributed by atoms with Gasteiger partial charge in [0.1, 0.15) is 0 Å². The van der Waals surface area contributed by atoms with Gasteiger partial charge in [0, 0.05) is 16.9 Å². The Morgan fingerprint density at radius 3 is 2.59 bits per heavy atom. The third kappa shape index (κ3) is 3.49. The van der Waals surface area contributed by atoms with E-state index in [-0.39, 0.29) is 16.6 Å². The summed E-state index contributed by atoms with van der Waals surface area (Å²) in [5.74, 6) is -0.782. The Bertz CT molecular complexity index is 625. The fourth-order valence-electron chi connectivity index (χ4n) is 2.80. The zero-order valence-electron chi connectivity index (χ0n) is 11.9. The molecule has 2 unspecified atom stereocenters. The van der Waals surface area contributed by atoms with Gasteiger partial charge in [-0.2, -0.15) is 0 Å². The minimum absolute atomic E-state index is 0.136. The molecule has 0 spiro atoms. The zero-order chi connectivity index (χ0) is 16.1. The molecule has 1 aliphatic carbocycles. The van der Waals surface area contributed by atoms with Gasteiger partial charge in [0.2, 0.25) is 6.04 Å². The van der Waals surface area contributed by atoms with Crippen LogP contribution in [0.3, 0.4) is 0 Å². The molecule has 1 fully saturated rings. The number of hydrogen-bond donors (Lipinski definition) is 2. The second kappa shape index (κ2) is 6.84. The first kappa shape index (κ1) is 15.7. The molecule has 2 atom stereocenters. The van der Waals surface area contributed by atoms with Crippen molar-refractivity contribution in [3.8, 4) is 0 Å². The molecule has 1 aromatic carbocycles. The quantitative estimate of drug-likeness (QED) is 0.381. The highest BCUT2D eigenvalue weighted by molar-refractivity contribution is 6.42. The lowest BCUT2D eigenvalue weighted by molar-refractivity contribution is -0.514. The Kier molecular flexibility index (Phi) is 4.88. The summed E-state index contributed by atoms with van der Waals surface area (Å²) in [6, 6.07) is 8.82. The summed E-state index contributed by atoms with van der Waals surface area (Å²) in [7, 11) is 0. The lowest BCUT2D eigenvalue weighted by atomic mass is 9.78. The highest BCUT2D eigenvalue weighted by Gasteiger charge is 2.34. The monoisotopic (exact) mass is 303 g/mol. The van der Waals surface area contributed by atoms with Gasteiger partial charge in [-0.05, 0) is 30.4 Å². The van der Waals surface area contributed by atoms with Crippen molar-refractivity contribution in [2.45, 2.75) is 31.2 Å². The predicted molar refractivity (Wildman–Crippen MR) is 80.3 cm³/mol. The predicted octanol–water partition coefficient (Wildman–Crippen LogP) is 1.84. The number of nitro groups is 1. The number of nitrogens with two attached hydrogens (primary N) is 1. The van der Waals surface area contributed by atoms with Gasteiger partial charge in [0.15, 0.2) is 5.71 Å². The maximum Gasteiger partial charge on any atom is 0.270 e. The van der Waals surface area contributed by atoms with Gasteiger partial charge in [-0.1, -0.05) is 35.5 Å². The molecule has 116 valence electrons. The van der Waals surface area contributed by atoms with Gasteiger partial charge in [0.25, 0.3) is 5.91 Å². The van der Waals surface area contributed by atoms with Crippen LogP contribution in [0.4, 0.5) is 0 Å². The highest BCUT2D eigenvalue weighted by atomic mass is 16.6. The van der Waals surface area contributed by atoms with E-state index in [2.05, 4.69) is 5.16 Å². The second-order valence-electron chi connectivity index (χ2n) is 5.26. The Labute approximate surface area is 127 Å². The van der Waals surface area contributed by atoms with E-state index in [0.717, 1.165) is 5.56 Å². The minimum atomic E-state index is -0.918. The van der Waals surface area contributed by atoms with E-state index >= 15 is 0 Å². The van der Waals surface area contributed by atoms with Crippen LogP contribution in [-0.4, -0.2) is 27.8 Å². The summed E-state index contributed by atoms with van der Waals surface area (Å²) in [4.78, 5) is 22.0. The molecule has 1 saturated carbocycles. The normalized spacial score (nSPS) is 24.2. The smallest absolute Gasteiger partial charge is 0.270 e. The van der Waals surface area contributed by atoms with Gasteiger partial charge in [-0.25, -0.2) is 0 Å². The molecule has 0 radical (unpaired) electrons. The number of nitrogens with zero attached hydrogens (tertiary/aromatic N) is 2. The van der Waals surface area contributed by atoms with Crippen molar-refractivity contribution in [1.29, 1.82) is 0 Å². The Balaban J connectivity index is 2.31.